The zero-order chi connectivity index (χ0) is 17.4. The van der Waals surface area contributed by atoms with Crippen molar-refractivity contribution < 1.29 is 9.53 Å². The number of carbonyl (C=O) groups is 1. The molecule has 2 aliphatic rings. The Kier molecular flexibility index (Phi) is 4.17. The highest BCUT2D eigenvalue weighted by molar-refractivity contribution is 7.17. The summed E-state index contributed by atoms with van der Waals surface area (Å²) in [5.74, 6) is 0.850. The van der Waals surface area contributed by atoms with Gasteiger partial charge in [0.25, 0.3) is 0 Å². The van der Waals surface area contributed by atoms with Gasteiger partial charge in [0, 0.05) is 22.5 Å². The lowest BCUT2D eigenvalue weighted by Crippen LogP contribution is -2.31. The number of hydrogen-bond donors (Lipinski definition) is 0. The molecule has 0 N–H and O–H groups in total. The summed E-state index contributed by atoms with van der Waals surface area (Å²) in [7, 11) is 1.66. The summed E-state index contributed by atoms with van der Waals surface area (Å²) in [5.41, 5.74) is 4.48. The Bertz CT molecular complexity index is 865. The first-order valence-electron chi connectivity index (χ1n) is 8.48. The molecular formula is C20H20N2O2S. The number of rotatable bonds is 4. The average Bonchev–Trinajstić information content (AvgIpc) is 3.19. The molecule has 0 spiro atoms. The quantitative estimate of drug-likeness (QED) is 0.789. The van der Waals surface area contributed by atoms with Crippen LogP contribution in [0.2, 0.25) is 0 Å². The fourth-order valence-electron chi connectivity index (χ4n) is 3.55. The van der Waals surface area contributed by atoms with Crippen LogP contribution in [0.3, 0.4) is 0 Å². The average molecular weight is 352 g/mol. The van der Waals surface area contributed by atoms with E-state index in [0.29, 0.717) is 6.54 Å². The van der Waals surface area contributed by atoms with Crippen LogP contribution >= 0.6 is 11.3 Å². The number of carbonyl (C=O) groups excluding carboxylic acids is 1. The second-order valence-electron chi connectivity index (χ2n) is 6.22. The number of nitrogens with zero attached hydrogens (tertiary/aromatic N) is 2. The van der Waals surface area contributed by atoms with Crippen molar-refractivity contribution in [2.24, 2.45) is 4.99 Å². The molecule has 5 heteroatoms. The maximum Gasteiger partial charge on any atom is 0.249 e. The fourth-order valence-corrected chi connectivity index (χ4v) is 4.96. The minimum absolute atomic E-state index is 0.0320. The Morgan fingerprint density at radius 1 is 1.32 bits per heavy atom. The molecule has 0 fully saturated rings. The third-order valence-electron chi connectivity index (χ3n) is 4.73. The monoisotopic (exact) mass is 352 g/mol. The van der Waals surface area contributed by atoms with Crippen molar-refractivity contribution in [3.8, 4) is 5.75 Å². The van der Waals surface area contributed by atoms with Gasteiger partial charge in [-0.3, -0.25) is 14.7 Å². The fraction of sp³-hybridized carbons (Fsp3) is 0.300. The predicted molar refractivity (Wildman–Crippen MR) is 102 cm³/mol. The number of fused-ring (bicyclic) bond motifs is 3. The van der Waals surface area contributed by atoms with E-state index in [-0.39, 0.29) is 12.5 Å². The Morgan fingerprint density at radius 2 is 2.12 bits per heavy atom. The SMILES string of the molecule is C=CCN1C(=O)CN=C(c2ccc(OC)cc2)c2c1sc1c2CCC1. The Hall–Kier alpha value is -2.40. The third-order valence-corrected chi connectivity index (χ3v) is 6.05. The van der Waals surface area contributed by atoms with E-state index in [0.717, 1.165) is 40.4 Å². The standard InChI is InChI=1S/C20H20N2O2S/c1-3-11-22-17(23)12-21-19(13-7-9-14(24-2)10-8-13)18-15-5-4-6-16(15)25-20(18)22/h3,7-10H,1,4-6,11-12H2,2H3. The lowest BCUT2D eigenvalue weighted by Gasteiger charge is -2.19. The third kappa shape index (κ3) is 2.68. The number of ether oxygens (including phenoxy) is 1. The molecule has 0 saturated heterocycles. The van der Waals surface area contributed by atoms with Gasteiger partial charge in [-0.1, -0.05) is 6.08 Å². The molecule has 0 radical (unpaired) electrons. The molecule has 4 nitrogen and oxygen atoms in total. The molecule has 1 aromatic carbocycles. The van der Waals surface area contributed by atoms with E-state index < -0.39 is 0 Å². The summed E-state index contributed by atoms with van der Waals surface area (Å²) >= 11 is 1.75. The summed E-state index contributed by atoms with van der Waals surface area (Å²) in [6.07, 6.45) is 5.12. The van der Waals surface area contributed by atoms with Gasteiger partial charge < -0.3 is 4.74 Å². The molecule has 1 aliphatic heterocycles. The molecule has 0 unspecified atom stereocenters. The van der Waals surface area contributed by atoms with Crippen LogP contribution in [-0.2, 0) is 17.6 Å². The van der Waals surface area contributed by atoms with E-state index in [1.165, 1.54) is 16.9 Å². The van der Waals surface area contributed by atoms with E-state index in [2.05, 4.69) is 6.58 Å². The number of methoxy groups -OCH3 is 1. The first-order valence-corrected chi connectivity index (χ1v) is 9.29. The summed E-state index contributed by atoms with van der Waals surface area (Å²) in [6.45, 7) is 4.51. The molecule has 0 atom stereocenters. The van der Waals surface area contributed by atoms with Gasteiger partial charge in [-0.2, -0.15) is 0 Å². The normalized spacial score (nSPS) is 16.1. The smallest absolute Gasteiger partial charge is 0.249 e. The lowest BCUT2D eigenvalue weighted by atomic mass is 9.99. The second-order valence-corrected chi connectivity index (χ2v) is 7.31. The highest BCUT2D eigenvalue weighted by Gasteiger charge is 2.32. The Morgan fingerprint density at radius 3 is 2.84 bits per heavy atom. The van der Waals surface area contributed by atoms with Crippen LogP contribution in [0.5, 0.6) is 5.75 Å². The van der Waals surface area contributed by atoms with Gasteiger partial charge in [-0.25, -0.2) is 0 Å². The van der Waals surface area contributed by atoms with E-state index in [1.807, 2.05) is 29.2 Å². The molecule has 2 heterocycles. The second kappa shape index (κ2) is 6.48. The first-order chi connectivity index (χ1) is 12.2. The topological polar surface area (TPSA) is 41.9 Å². The molecular weight excluding hydrogens is 332 g/mol. The molecule has 4 rings (SSSR count). The lowest BCUT2D eigenvalue weighted by molar-refractivity contribution is -0.117. The number of aliphatic imine (C=N–C) groups is 1. The van der Waals surface area contributed by atoms with Crippen LogP contribution in [0.1, 0.15) is 28.0 Å². The van der Waals surface area contributed by atoms with Crippen LogP contribution in [0.25, 0.3) is 0 Å². The van der Waals surface area contributed by atoms with E-state index in [1.54, 1.807) is 24.5 Å². The molecule has 1 aromatic heterocycles. The number of aryl methyl sites for hydroxylation is 1. The molecule has 0 saturated carbocycles. The van der Waals surface area contributed by atoms with Crippen LogP contribution in [-0.4, -0.2) is 31.8 Å². The summed E-state index contributed by atoms with van der Waals surface area (Å²) in [4.78, 5) is 20.6. The van der Waals surface area contributed by atoms with Crippen molar-refractivity contribution in [2.45, 2.75) is 19.3 Å². The number of hydrogen-bond acceptors (Lipinski definition) is 4. The van der Waals surface area contributed by atoms with Gasteiger partial charge in [-0.05, 0) is 49.1 Å². The number of anilines is 1. The Balaban J connectivity index is 1.88. The van der Waals surface area contributed by atoms with E-state index in [4.69, 9.17) is 9.73 Å². The molecule has 1 aliphatic carbocycles. The minimum Gasteiger partial charge on any atom is -0.497 e. The van der Waals surface area contributed by atoms with E-state index >= 15 is 0 Å². The van der Waals surface area contributed by atoms with Crippen LogP contribution in [0.4, 0.5) is 5.00 Å². The highest BCUT2D eigenvalue weighted by atomic mass is 32.1. The minimum atomic E-state index is 0.0320. The number of amides is 1. The molecule has 128 valence electrons. The van der Waals surface area contributed by atoms with Gasteiger partial charge in [0.1, 0.15) is 17.3 Å². The van der Waals surface area contributed by atoms with Crippen molar-refractivity contribution >= 4 is 28.0 Å². The van der Waals surface area contributed by atoms with Crippen molar-refractivity contribution in [1.29, 1.82) is 0 Å². The zero-order valence-corrected chi connectivity index (χ0v) is 15.1. The van der Waals surface area contributed by atoms with Gasteiger partial charge in [0.2, 0.25) is 5.91 Å². The largest absolute Gasteiger partial charge is 0.497 e. The van der Waals surface area contributed by atoms with Gasteiger partial charge in [0.15, 0.2) is 0 Å². The molecule has 2 aromatic rings. The van der Waals surface area contributed by atoms with E-state index in [9.17, 15) is 4.79 Å². The molecule has 1 amide bonds. The number of thiophene rings is 1. The predicted octanol–water partition coefficient (Wildman–Crippen LogP) is 3.62. The highest BCUT2D eigenvalue weighted by Crippen LogP contribution is 2.43. The number of benzene rings is 1. The van der Waals surface area contributed by atoms with Crippen molar-refractivity contribution in [1.82, 2.24) is 0 Å². The molecule has 25 heavy (non-hydrogen) atoms. The van der Waals surface area contributed by atoms with Crippen molar-refractivity contribution in [2.75, 3.05) is 25.1 Å². The van der Waals surface area contributed by atoms with Gasteiger partial charge in [0.05, 0.1) is 12.8 Å². The van der Waals surface area contributed by atoms with Gasteiger partial charge in [-0.15, -0.1) is 17.9 Å². The van der Waals surface area contributed by atoms with Crippen LogP contribution in [0.15, 0.2) is 41.9 Å². The van der Waals surface area contributed by atoms with Gasteiger partial charge >= 0.3 is 0 Å². The maximum atomic E-state index is 12.6. The molecule has 0 bridgehead atoms. The van der Waals surface area contributed by atoms with Crippen molar-refractivity contribution in [3.05, 3.63) is 58.5 Å². The summed E-state index contributed by atoms with van der Waals surface area (Å²) < 4.78 is 5.26. The summed E-state index contributed by atoms with van der Waals surface area (Å²) in [5, 5.41) is 1.03. The maximum absolute atomic E-state index is 12.6. The van der Waals surface area contributed by atoms with Crippen LogP contribution in [0, 0.1) is 0 Å². The van der Waals surface area contributed by atoms with Crippen LogP contribution < -0.4 is 9.64 Å². The Labute approximate surface area is 151 Å². The first kappa shape index (κ1) is 16.1. The summed E-state index contributed by atoms with van der Waals surface area (Å²) in [6, 6.07) is 7.93. The van der Waals surface area contributed by atoms with Crippen molar-refractivity contribution in [3.63, 3.8) is 0 Å². The zero-order valence-electron chi connectivity index (χ0n) is 14.2.